The molecule has 0 bridgehead atoms. The van der Waals surface area contributed by atoms with Gasteiger partial charge in [0.25, 0.3) is 0 Å². The molecule has 2 aromatic heterocycles. The smallest absolute Gasteiger partial charge is 0.0591 e. The van der Waals surface area contributed by atoms with Crippen LogP contribution in [-0.4, -0.2) is 31.3 Å². The molecule has 6 heteroatoms. The van der Waals surface area contributed by atoms with Crippen LogP contribution in [0.5, 0.6) is 0 Å². The number of hydrogen-bond acceptors (Lipinski definition) is 6. The molecule has 116 valence electrons. The van der Waals surface area contributed by atoms with Gasteiger partial charge in [0.2, 0.25) is 0 Å². The van der Waals surface area contributed by atoms with Crippen LogP contribution in [0, 0.1) is 0 Å². The SMILES string of the molecule is C1COCCN1.NCc1ccccn1.NCc1cccs1. The molecule has 0 radical (unpaired) electrons. The second kappa shape index (κ2) is 12.4. The van der Waals surface area contributed by atoms with Crippen LogP contribution in [0.15, 0.2) is 41.9 Å². The minimum atomic E-state index is 0.529. The molecule has 0 aromatic carbocycles. The molecular weight excluding hydrogens is 284 g/mol. The van der Waals surface area contributed by atoms with E-state index in [-0.39, 0.29) is 0 Å². The third-order valence-corrected chi connectivity index (χ3v) is 3.46. The fraction of sp³-hybridized carbons (Fsp3) is 0.400. The minimum Gasteiger partial charge on any atom is -0.379 e. The van der Waals surface area contributed by atoms with Crippen molar-refractivity contribution in [2.24, 2.45) is 11.5 Å². The van der Waals surface area contributed by atoms with Crippen molar-refractivity contribution in [2.75, 3.05) is 26.3 Å². The van der Waals surface area contributed by atoms with Gasteiger partial charge >= 0.3 is 0 Å². The molecule has 5 N–H and O–H groups in total. The number of thiophene rings is 1. The van der Waals surface area contributed by atoms with Crippen molar-refractivity contribution in [3.63, 3.8) is 0 Å². The van der Waals surface area contributed by atoms with Gasteiger partial charge in [-0.15, -0.1) is 11.3 Å². The topological polar surface area (TPSA) is 86.2 Å². The van der Waals surface area contributed by atoms with Crippen molar-refractivity contribution >= 4 is 11.3 Å². The molecule has 0 saturated carbocycles. The minimum absolute atomic E-state index is 0.529. The molecule has 0 atom stereocenters. The summed E-state index contributed by atoms with van der Waals surface area (Å²) in [5.41, 5.74) is 11.5. The van der Waals surface area contributed by atoms with Crippen LogP contribution in [0.3, 0.4) is 0 Å². The van der Waals surface area contributed by atoms with Crippen LogP contribution in [0.1, 0.15) is 10.6 Å². The van der Waals surface area contributed by atoms with Gasteiger partial charge in [-0.1, -0.05) is 12.1 Å². The fourth-order valence-corrected chi connectivity index (χ4v) is 2.05. The van der Waals surface area contributed by atoms with E-state index in [1.165, 1.54) is 4.88 Å². The molecule has 0 unspecified atom stereocenters. The molecule has 0 aliphatic carbocycles. The van der Waals surface area contributed by atoms with E-state index < -0.39 is 0 Å². The highest BCUT2D eigenvalue weighted by Crippen LogP contribution is 2.05. The van der Waals surface area contributed by atoms with Crippen molar-refractivity contribution in [3.05, 3.63) is 52.5 Å². The van der Waals surface area contributed by atoms with Gasteiger partial charge < -0.3 is 21.5 Å². The van der Waals surface area contributed by atoms with Crippen molar-refractivity contribution in [1.82, 2.24) is 10.3 Å². The van der Waals surface area contributed by atoms with Crippen LogP contribution in [0.4, 0.5) is 0 Å². The lowest BCUT2D eigenvalue weighted by atomic mass is 10.4. The Hall–Kier alpha value is -1.31. The van der Waals surface area contributed by atoms with Gasteiger partial charge in [0.05, 0.1) is 18.9 Å². The summed E-state index contributed by atoms with van der Waals surface area (Å²) in [5, 5.41) is 5.19. The van der Waals surface area contributed by atoms with E-state index >= 15 is 0 Å². The molecule has 1 aliphatic rings. The van der Waals surface area contributed by atoms with Crippen LogP contribution < -0.4 is 16.8 Å². The van der Waals surface area contributed by atoms with E-state index in [1.54, 1.807) is 17.5 Å². The fourth-order valence-electron chi connectivity index (χ4n) is 1.46. The standard InChI is InChI=1S/C6H8N2.C5H7NS.C4H9NO/c7-5-6-3-1-2-4-8-6;6-4-5-2-1-3-7-5;1-3-6-4-2-5-1/h1-4H,5,7H2;1-3H,4,6H2;5H,1-4H2. The molecule has 3 heterocycles. The average molecular weight is 308 g/mol. The molecule has 21 heavy (non-hydrogen) atoms. The quantitative estimate of drug-likeness (QED) is 0.780. The van der Waals surface area contributed by atoms with Gasteiger partial charge in [0.15, 0.2) is 0 Å². The summed E-state index contributed by atoms with van der Waals surface area (Å²) in [7, 11) is 0. The maximum absolute atomic E-state index is 5.30. The Morgan fingerprint density at radius 1 is 1.10 bits per heavy atom. The molecule has 1 aliphatic heterocycles. The summed E-state index contributed by atoms with van der Waals surface area (Å²) in [4.78, 5) is 5.22. The second-order valence-corrected chi connectivity index (χ2v) is 5.20. The maximum Gasteiger partial charge on any atom is 0.0591 e. The van der Waals surface area contributed by atoms with E-state index in [4.69, 9.17) is 16.2 Å². The third-order valence-electron chi connectivity index (χ3n) is 2.56. The Bertz CT molecular complexity index is 421. The Kier molecular flexibility index (Phi) is 10.5. The van der Waals surface area contributed by atoms with Crippen LogP contribution in [-0.2, 0) is 17.8 Å². The Labute approximate surface area is 130 Å². The van der Waals surface area contributed by atoms with Gasteiger partial charge in [-0.2, -0.15) is 0 Å². The Morgan fingerprint density at radius 3 is 2.19 bits per heavy atom. The van der Waals surface area contributed by atoms with Crippen LogP contribution >= 0.6 is 11.3 Å². The van der Waals surface area contributed by atoms with E-state index in [0.717, 1.165) is 32.0 Å². The molecule has 0 spiro atoms. The number of nitrogens with one attached hydrogen (secondary N) is 1. The average Bonchev–Trinajstić information content (AvgIpc) is 3.12. The van der Waals surface area contributed by atoms with Gasteiger partial charge in [-0.3, -0.25) is 4.98 Å². The van der Waals surface area contributed by atoms with Crippen LogP contribution in [0.2, 0.25) is 0 Å². The Balaban J connectivity index is 0.000000159. The summed E-state index contributed by atoms with van der Waals surface area (Å²) in [6.45, 7) is 5.04. The Morgan fingerprint density at radius 2 is 1.90 bits per heavy atom. The summed E-state index contributed by atoms with van der Waals surface area (Å²) in [5.74, 6) is 0. The van der Waals surface area contributed by atoms with Crippen molar-refractivity contribution in [3.8, 4) is 0 Å². The predicted molar refractivity (Wildman–Crippen MR) is 88.0 cm³/mol. The lowest BCUT2D eigenvalue weighted by Crippen LogP contribution is -2.30. The summed E-state index contributed by atoms with van der Waals surface area (Å²) >= 11 is 1.70. The molecule has 0 amide bonds. The predicted octanol–water partition coefficient (Wildman–Crippen LogP) is 1.35. The highest BCUT2D eigenvalue weighted by atomic mass is 32.1. The number of nitrogens with two attached hydrogens (primary N) is 2. The molecule has 3 rings (SSSR count). The molecule has 1 fully saturated rings. The summed E-state index contributed by atoms with van der Waals surface area (Å²) in [6.07, 6.45) is 1.74. The molecule has 5 nitrogen and oxygen atoms in total. The first-order valence-electron chi connectivity index (χ1n) is 6.97. The van der Waals surface area contributed by atoms with Gasteiger partial charge in [0.1, 0.15) is 0 Å². The zero-order valence-electron chi connectivity index (χ0n) is 12.2. The first-order valence-corrected chi connectivity index (χ1v) is 7.85. The van der Waals surface area contributed by atoms with E-state index in [9.17, 15) is 0 Å². The molecule has 1 saturated heterocycles. The second-order valence-electron chi connectivity index (χ2n) is 4.17. The number of rotatable bonds is 2. The number of aromatic nitrogens is 1. The molecule has 2 aromatic rings. The number of ether oxygens (including phenoxy) is 1. The summed E-state index contributed by atoms with van der Waals surface area (Å²) < 4.78 is 5.01. The largest absolute Gasteiger partial charge is 0.379 e. The van der Waals surface area contributed by atoms with Gasteiger partial charge in [0, 0.05) is 37.3 Å². The normalized spacial score (nSPS) is 13.4. The number of nitrogens with zero attached hydrogens (tertiary/aromatic N) is 1. The number of morpholine rings is 1. The number of pyridine rings is 1. The first-order chi connectivity index (χ1) is 10.4. The van der Waals surface area contributed by atoms with Crippen LogP contribution in [0.25, 0.3) is 0 Å². The summed E-state index contributed by atoms with van der Waals surface area (Å²) in [6, 6.07) is 9.74. The zero-order chi connectivity index (χ0) is 15.2. The maximum atomic E-state index is 5.30. The zero-order valence-corrected chi connectivity index (χ0v) is 13.0. The lowest BCUT2D eigenvalue weighted by molar-refractivity contribution is 0.109. The van der Waals surface area contributed by atoms with Crippen molar-refractivity contribution in [1.29, 1.82) is 0 Å². The monoisotopic (exact) mass is 308 g/mol. The van der Waals surface area contributed by atoms with Gasteiger partial charge in [-0.05, 0) is 23.6 Å². The van der Waals surface area contributed by atoms with Gasteiger partial charge in [-0.25, -0.2) is 0 Å². The molecular formula is C15H24N4OS. The van der Waals surface area contributed by atoms with Crippen molar-refractivity contribution < 1.29 is 4.74 Å². The van der Waals surface area contributed by atoms with E-state index in [1.807, 2.05) is 35.7 Å². The van der Waals surface area contributed by atoms with E-state index in [0.29, 0.717) is 13.1 Å². The highest BCUT2D eigenvalue weighted by Gasteiger charge is 1.93. The third kappa shape index (κ3) is 9.28. The lowest BCUT2D eigenvalue weighted by Gasteiger charge is -2.10. The van der Waals surface area contributed by atoms with Crippen molar-refractivity contribution in [2.45, 2.75) is 13.1 Å². The number of hydrogen-bond donors (Lipinski definition) is 3. The highest BCUT2D eigenvalue weighted by molar-refractivity contribution is 7.09. The van der Waals surface area contributed by atoms with E-state index in [2.05, 4.69) is 10.3 Å². The first kappa shape index (κ1) is 17.7.